The molecule has 0 saturated heterocycles. The van der Waals surface area contributed by atoms with Crippen LogP contribution in [0, 0.1) is 11.2 Å². The van der Waals surface area contributed by atoms with Gasteiger partial charge in [-0.15, -0.1) is 0 Å². The van der Waals surface area contributed by atoms with Crippen LogP contribution in [0.4, 0.5) is 10.1 Å². The Hall–Kier alpha value is -3.68. The highest BCUT2D eigenvalue weighted by molar-refractivity contribution is 6.06. The summed E-state index contributed by atoms with van der Waals surface area (Å²) in [6, 6.07) is 10.4. The predicted octanol–water partition coefficient (Wildman–Crippen LogP) is 5.02. The van der Waals surface area contributed by atoms with Crippen LogP contribution in [0.15, 0.2) is 36.4 Å². The lowest BCUT2D eigenvalue weighted by Gasteiger charge is -2.31. The number of rotatable bonds is 5. The van der Waals surface area contributed by atoms with Gasteiger partial charge in [0.05, 0.1) is 11.1 Å². The molecule has 8 heteroatoms. The molecule has 4 N–H and O–H groups in total. The molecule has 0 spiro atoms. The summed E-state index contributed by atoms with van der Waals surface area (Å²) >= 11 is 0. The van der Waals surface area contributed by atoms with Crippen molar-refractivity contribution >= 4 is 34.3 Å². The first-order valence-electron chi connectivity index (χ1n) is 12.9. The molecule has 0 atom stereocenters. The number of nitrogens with one attached hydrogen (secondary N) is 2. The molecule has 1 fully saturated rings. The van der Waals surface area contributed by atoms with Gasteiger partial charge < -0.3 is 16.4 Å². The fourth-order valence-corrected chi connectivity index (χ4v) is 6.02. The normalized spacial score (nSPS) is 20.9. The van der Waals surface area contributed by atoms with Gasteiger partial charge >= 0.3 is 0 Å². The average molecular weight is 505 g/mol. The molecule has 1 aliphatic heterocycles. The minimum absolute atomic E-state index is 0.0233. The number of nitrogens with two attached hydrogens (primary N) is 1. The molecule has 37 heavy (non-hydrogen) atoms. The van der Waals surface area contributed by atoms with Crippen molar-refractivity contribution < 1.29 is 18.8 Å². The molecule has 0 unspecified atom stereocenters. The highest BCUT2D eigenvalue weighted by Gasteiger charge is 2.35. The van der Waals surface area contributed by atoms with E-state index in [1.165, 1.54) is 19.1 Å². The summed E-state index contributed by atoms with van der Waals surface area (Å²) < 4.78 is 15.9. The van der Waals surface area contributed by atoms with Crippen LogP contribution < -0.4 is 16.4 Å². The molecule has 1 saturated carbocycles. The Morgan fingerprint density at radius 1 is 1.03 bits per heavy atom. The Kier molecular flexibility index (Phi) is 6.30. The maximum absolute atomic E-state index is 14.3. The van der Waals surface area contributed by atoms with Gasteiger partial charge in [-0.25, -0.2) is 4.39 Å². The minimum atomic E-state index is -0.525. The van der Waals surface area contributed by atoms with Crippen molar-refractivity contribution in [2.24, 2.45) is 11.1 Å². The topological polar surface area (TPSA) is 106 Å². The maximum Gasteiger partial charge on any atom is 0.250 e. The number of aromatic nitrogens is 1. The van der Waals surface area contributed by atoms with Crippen LogP contribution in [0.3, 0.4) is 0 Å². The summed E-state index contributed by atoms with van der Waals surface area (Å²) in [4.78, 5) is 36.9. The third kappa shape index (κ3) is 4.84. The number of fused-ring (bicyclic) bond motifs is 3. The maximum atomic E-state index is 14.3. The van der Waals surface area contributed by atoms with E-state index in [2.05, 4.69) is 24.5 Å². The number of carbonyl (C=O) groups is 3. The van der Waals surface area contributed by atoms with Crippen molar-refractivity contribution in [3.8, 4) is 11.1 Å². The van der Waals surface area contributed by atoms with Gasteiger partial charge in [0.25, 0.3) is 5.91 Å². The molecule has 0 bridgehead atoms. The number of carbonyl (C=O) groups excluding carboxylic acids is 3. The zero-order valence-electron chi connectivity index (χ0n) is 21.5. The van der Waals surface area contributed by atoms with E-state index >= 15 is 0 Å². The molecule has 1 aromatic heterocycles. The lowest BCUT2D eigenvalue weighted by Crippen LogP contribution is -2.39. The van der Waals surface area contributed by atoms with Crippen molar-refractivity contribution in [3.63, 3.8) is 0 Å². The van der Waals surface area contributed by atoms with Gasteiger partial charge in [-0.3, -0.25) is 19.0 Å². The number of halogens is 1. The van der Waals surface area contributed by atoms with Crippen LogP contribution in [-0.4, -0.2) is 34.4 Å². The molecular formula is C29H33FN4O3. The van der Waals surface area contributed by atoms with Crippen molar-refractivity contribution in [2.75, 3.05) is 5.32 Å². The number of hydrogen-bond donors (Lipinski definition) is 3. The summed E-state index contributed by atoms with van der Waals surface area (Å²) in [6.07, 6.45) is 4.44. The summed E-state index contributed by atoms with van der Waals surface area (Å²) in [5.41, 5.74) is 9.68. The van der Waals surface area contributed by atoms with Gasteiger partial charge in [0.2, 0.25) is 11.8 Å². The molecule has 7 nitrogen and oxygen atoms in total. The van der Waals surface area contributed by atoms with Gasteiger partial charge in [0.1, 0.15) is 5.82 Å². The molecular weight excluding hydrogens is 471 g/mol. The Morgan fingerprint density at radius 2 is 1.73 bits per heavy atom. The predicted molar refractivity (Wildman–Crippen MR) is 142 cm³/mol. The van der Waals surface area contributed by atoms with Crippen LogP contribution >= 0.6 is 0 Å². The minimum Gasteiger partial charge on any atom is -0.382 e. The SMILES string of the molecule is CC(=O)N[C@H]1CC[C@H](Nc2cc(-c3c4n(c5cc(F)ccc35)C(=O)CC(C)(C)C4)ccc2C(N)=O)CC1. The van der Waals surface area contributed by atoms with Crippen LogP contribution in [0.2, 0.25) is 0 Å². The number of benzene rings is 2. The van der Waals surface area contributed by atoms with Crippen LogP contribution in [-0.2, 0) is 11.2 Å². The summed E-state index contributed by atoms with van der Waals surface area (Å²) in [6.45, 7) is 5.66. The molecule has 5 rings (SSSR count). The number of primary amides is 1. The van der Waals surface area contributed by atoms with Crippen molar-refractivity contribution in [1.82, 2.24) is 9.88 Å². The van der Waals surface area contributed by atoms with Gasteiger partial charge in [-0.1, -0.05) is 19.9 Å². The number of hydrogen-bond acceptors (Lipinski definition) is 4. The number of amides is 2. The molecule has 2 aliphatic rings. The molecule has 2 heterocycles. The molecule has 2 aromatic carbocycles. The zero-order chi connectivity index (χ0) is 26.5. The Balaban J connectivity index is 1.56. The second-order valence-corrected chi connectivity index (χ2v) is 11.2. The lowest BCUT2D eigenvalue weighted by atomic mass is 9.80. The average Bonchev–Trinajstić information content (AvgIpc) is 3.12. The van der Waals surface area contributed by atoms with E-state index < -0.39 is 11.7 Å². The Labute approximate surface area is 215 Å². The Morgan fingerprint density at radius 3 is 2.41 bits per heavy atom. The second-order valence-electron chi connectivity index (χ2n) is 11.2. The zero-order valence-corrected chi connectivity index (χ0v) is 21.5. The summed E-state index contributed by atoms with van der Waals surface area (Å²) in [5, 5.41) is 7.31. The second kappa shape index (κ2) is 9.32. The molecule has 194 valence electrons. The lowest BCUT2D eigenvalue weighted by molar-refractivity contribution is -0.119. The van der Waals surface area contributed by atoms with E-state index in [4.69, 9.17) is 5.73 Å². The molecule has 3 aromatic rings. The van der Waals surface area contributed by atoms with Crippen molar-refractivity contribution in [3.05, 3.63) is 53.5 Å². The van der Waals surface area contributed by atoms with Gasteiger partial charge in [-0.05, 0) is 73.4 Å². The third-order valence-electron chi connectivity index (χ3n) is 7.62. The van der Waals surface area contributed by atoms with E-state index in [0.29, 0.717) is 29.6 Å². The fourth-order valence-electron chi connectivity index (χ4n) is 6.02. The van der Waals surface area contributed by atoms with Gasteiger partial charge in [0, 0.05) is 47.8 Å². The van der Waals surface area contributed by atoms with Crippen molar-refractivity contribution in [1.29, 1.82) is 0 Å². The first-order valence-corrected chi connectivity index (χ1v) is 12.9. The van der Waals surface area contributed by atoms with E-state index in [-0.39, 0.29) is 29.3 Å². The van der Waals surface area contributed by atoms with E-state index in [1.807, 2.05) is 12.1 Å². The molecule has 2 amide bonds. The van der Waals surface area contributed by atoms with E-state index in [1.54, 1.807) is 16.7 Å². The number of anilines is 1. The smallest absolute Gasteiger partial charge is 0.250 e. The monoisotopic (exact) mass is 504 g/mol. The summed E-state index contributed by atoms with van der Waals surface area (Å²) in [7, 11) is 0. The van der Waals surface area contributed by atoms with Gasteiger partial charge in [-0.2, -0.15) is 0 Å². The fraction of sp³-hybridized carbons (Fsp3) is 0.414. The molecule has 1 aliphatic carbocycles. The first-order chi connectivity index (χ1) is 17.5. The molecule has 0 radical (unpaired) electrons. The highest BCUT2D eigenvalue weighted by Crippen LogP contribution is 2.43. The van der Waals surface area contributed by atoms with Crippen LogP contribution in [0.25, 0.3) is 22.0 Å². The first kappa shape index (κ1) is 25.0. The largest absolute Gasteiger partial charge is 0.382 e. The van der Waals surface area contributed by atoms with Crippen LogP contribution in [0.1, 0.15) is 73.7 Å². The highest BCUT2D eigenvalue weighted by atomic mass is 19.1. The van der Waals surface area contributed by atoms with E-state index in [0.717, 1.165) is 47.9 Å². The van der Waals surface area contributed by atoms with E-state index in [9.17, 15) is 18.8 Å². The van der Waals surface area contributed by atoms with Crippen molar-refractivity contribution in [2.45, 2.75) is 71.4 Å². The standard InChI is InChI=1S/C29H33FN4O3/c1-16(35)32-19-6-8-20(9-7-19)33-23-12-17(4-10-21(23)28(31)37)27-22-11-5-18(30)13-24(22)34-25(27)14-29(2,3)15-26(34)36/h4-5,10-13,19-20,33H,6-9,14-15H2,1-3H3,(H2,31,37)(H,32,35)/t19-,20-. The quantitative estimate of drug-likeness (QED) is 0.454. The summed E-state index contributed by atoms with van der Waals surface area (Å²) in [5.74, 6) is -0.984. The van der Waals surface area contributed by atoms with Crippen LogP contribution in [0.5, 0.6) is 0 Å². The van der Waals surface area contributed by atoms with Gasteiger partial charge in [0.15, 0.2) is 0 Å². The number of nitrogens with zero attached hydrogens (tertiary/aromatic N) is 1. The Bertz CT molecular complexity index is 1420. The third-order valence-corrected chi connectivity index (χ3v) is 7.62.